The minimum absolute atomic E-state index is 0.213. The first-order valence-corrected chi connectivity index (χ1v) is 12.2. The molecular formula is C28H25N7O2. The molecule has 0 radical (unpaired) electrons. The molecule has 9 nitrogen and oxygen atoms in total. The van der Waals surface area contributed by atoms with Crippen LogP contribution in [0, 0.1) is 0 Å². The summed E-state index contributed by atoms with van der Waals surface area (Å²) in [6.07, 6.45) is 10.1. The van der Waals surface area contributed by atoms with Crippen molar-refractivity contribution in [3.05, 3.63) is 95.2 Å². The number of hydrogen-bond donors (Lipinski definition) is 2. The van der Waals surface area contributed by atoms with Crippen molar-refractivity contribution in [2.24, 2.45) is 0 Å². The van der Waals surface area contributed by atoms with E-state index in [4.69, 9.17) is 9.72 Å². The Morgan fingerprint density at radius 2 is 1.86 bits per heavy atom. The second-order valence-electron chi connectivity index (χ2n) is 8.89. The van der Waals surface area contributed by atoms with Crippen LogP contribution in [0.15, 0.2) is 84.1 Å². The summed E-state index contributed by atoms with van der Waals surface area (Å²) < 4.78 is 6.88. The zero-order valence-corrected chi connectivity index (χ0v) is 20.3. The largest absolute Gasteiger partial charge is 0.497 e. The van der Waals surface area contributed by atoms with Gasteiger partial charge in [-0.1, -0.05) is 54.6 Å². The number of ether oxygens (including phenoxy) is 1. The van der Waals surface area contributed by atoms with Gasteiger partial charge in [0, 0.05) is 5.56 Å². The molecule has 5 aromatic rings. The van der Waals surface area contributed by atoms with E-state index in [9.17, 15) is 4.79 Å². The van der Waals surface area contributed by atoms with Gasteiger partial charge >= 0.3 is 0 Å². The Labute approximate surface area is 212 Å². The molecule has 6 rings (SSSR count). The first-order valence-electron chi connectivity index (χ1n) is 12.2. The third-order valence-electron chi connectivity index (χ3n) is 6.68. The van der Waals surface area contributed by atoms with Crippen molar-refractivity contribution < 1.29 is 4.74 Å². The van der Waals surface area contributed by atoms with Crippen molar-refractivity contribution in [2.75, 3.05) is 12.4 Å². The standard InChI is InChI=1S/C28H25N7O2/c1-37-21-14-12-19(13-15-21)24-26(32-22-16-30-31-17-29-22)33-27-23(18-8-4-2-5-9-18)25(34-35(27)28(24)36)20-10-6-3-7-11-20/h2-4,6-7,10-18,34H,5,8-9H2,1H3,(H,29,31,32). The maximum atomic E-state index is 14.1. The maximum Gasteiger partial charge on any atom is 0.282 e. The second kappa shape index (κ2) is 9.69. The Morgan fingerprint density at radius 1 is 1.03 bits per heavy atom. The van der Waals surface area contributed by atoms with Crippen LogP contribution in [0.4, 0.5) is 11.6 Å². The molecule has 0 amide bonds. The number of aromatic nitrogens is 6. The van der Waals surface area contributed by atoms with Crippen molar-refractivity contribution in [1.29, 1.82) is 0 Å². The highest BCUT2D eigenvalue weighted by atomic mass is 16.5. The molecule has 0 bridgehead atoms. The van der Waals surface area contributed by atoms with Crippen LogP contribution < -0.4 is 15.6 Å². The fraction of sp³-hybridized carbons (Fsp3) is 0.179. The summed E-state index contributed by atoms with van der Waals surface area (Å²) in [6.45, 7) is 0. The lowest BCUT2D eigenvalue weighted by molar-refractivity contribution is 0.415. The van der Waals surface area contributed by atoms with Crippen molar-refractivity contribution in [3.8, 4) is 28.1 Å². The molecule has 1 aliphatic carbocycles. The zero-order chi connectivity index (χ0) is 25.2. The highest BCUT2D eigenvalue weighted by molar-refractivity contribution is 5.81. The van der Waals surface area contributed by atoms with Crippen molar-refractivity contribution in [2.45, 2.75) is 25.2 Å². The van der Waals surface area contributed by atoms with Crippen LogP contribution in [-0.2, 0) is 0 Å². The predicted molar refractivity (Wildman–Crippen MR) is 142 cm³/mol. The summed E-state index contributed by atoms with van der Waals surface area (Å²) >= 11 is 0. The minimum atomic E-state index is -0.213. The summed E-state index contributed by atoms with van der Waals surface area (Å²) in [4.78, 5) is 23.4. The molecule has 3 aromatic heterocycles. The first-order chi connectivity index (χ1) is 18.2. The molecule has 184 valence electrons. The van der Waals surface area contributed by atoms with Gasteiger partial charge < -0.3 is 10.1 Å². The number of nitrogens with one attached hydrogen (secondary N) is 2. The minimum Gasteiger partial charge on any atom is -0.497 e. The summed E-state index contributed by atoms with van der Waals surface area (Å²) in [5.41, 5.74) is 4.47. The van der Waals surface area contributed by atoms with Crippen LogP contribution in [0.25, 0.3) is 28.0 Å². The van der Waals surface area contributed by atoms with Crippen LogP contribution >= 0.6 is 0 Å². The number of aromatic amines is 1. The third kappa shape index (κ3) is 4.24. The molecule has 9 heteroatoms. The fourth-order valence-corrected chi connectivity index (χ4v) is 4.89. The Bertz CT molecular complexity index is 1630. The molecule has 2 aromatic carbocycles. The lowest BCUT2D eigenvalue weighted by Gasteiger charge is -2.19. The average molecular weight is 492 g/mol. The normalized spacial score (nSPS) is 15.1. The second-order valence-corrected chi connectivity index (χ2v) is 8.89. The molecule has 1 atom stereocenters. The predicted octanol–water partition coefficient (Wildman–Crippen LogP) is 5.12. The van der Waals surface area contributed by atoms with Crippen LogP contribution in [0.1, 0.15) is 30.7 Å². The van der Waals surface area contributed by atoms with Crippen molar-refractivity contribution >= 4 is 17.3 Å². The third-order valence-corrected chi connectivity index (χ3v) is 6.68. The zero-order valence-electron chi connectivity index (χ0n) is 20.3. The molecule has 1 unspecified atom stereocenters. The van der Waals surface area contributed by atoms with E-state index >= 15 is 0 Å². The van der Waals surface area contributed by atoms with E-state index in [0.717, 1.165) is 36.1 Å². The first kappa shape index (κ1) is 22.7. The Hall–Kier alpha value is -4.79. The number of methoxy groups -OCH3 is 1. The van der Waals surface area contributed by atoms with E-state index < -0.39 is 0 Å². The molecule has 37 heavy (non-hydrogen) atoms. The number of nitrogens with zero attached hydrogens (tertiary/aromatic N) is 5. The summed E-state index contributed by atoms with van der Waals surface area (Å²) in [6, 6.07) is 17.4. The van der Waals surface area contributed by atoms with Gasteiger partial charge in [-0.2, -0.15) is 5.10 Å². The molecule has 1 aliphatic rings. The Morgan fingerprint density at radius 3 is 2.57 bits per heavy atom. The molecule has 0 saturated heterocycles. The highest BCUT2D eigenvalue weighted by Crippen LogP contribution is 2.39. The van der Waals surface area contributed by atoms with E-state index in [1.165, 1.54) is 12.5 Å². The monoisotopic (exact) mass is 491 g/mol. The lowest BCUT2D eigenvalue weighted by atomic mass is 9.86. The van der Waals surface area contributed by atoms with Gasteiger partial charge in [-0.25, -0.2) is 14.5 Å². The van der Waals surface area contributed by atoms with Crippen LogP contribution in [0.2, 0.25) is 0 Å². The number of hydrogen-bond acceptors (Lipinski definition) is 7. The van der Waals surface area contributed by atoms with Gasteiger partial charge in [-0.15, -0.1) is 5.10 Å². The maximum absolute atomic E-state index is 14.1. The molecule has 0 spiro atoms. The van der Waals surface area contributed by atoms with Gasteiger partial charge in [0.2, 0.25) is 0 Å². The van der Waals surface area contributed by atoms with Gasteiger partial charge in [-0.05, 0) is 48.4 Å². The lowest BCUT2D eigenvalue weighted by Crippen LogP contribution is -2.20. The van der Waals surface area contributed by atoms with Gasteiger partial charge in [0.1, 0.15) is 17.9 Å². The van der Waals surface area contributed by atoms with Gasteiger partial charge in [-0.3, -0.25) is 9.89 Å². The number of anilines is 2. The fourth-order valence-electron chi connectivity index (χ4n) is 4.89. The van der Waals surface area contributed by atoms with E-state index in [2.05, 4.69) is 37.7 Å². The molecule has 2 N–H and O–H groups in total. The number of rotatable bonds is 6. The smallest absolute Gasteiger partial charge is 0.282 e. The Balaban J connectivity index is 1.63. The summed E-state index contributed by atoms with van der Waals surface area (Å²) in [5.74, 6) is 1.78. The van der Waals surface area contributed by atoms with Gasteiger partial charge in [0.05, 0.1) is 24.6 Å². The number of fused-ring (bicyclic) bond motifs is 1. The van der Waals surface area contributed by atoms with Crippen LogP contribution in [-0.4, -0.2) is 36.9 Å². The van der Waals surface area contributed by atoms with E-state index in [1.54, 1.807) is 11.6 Å². The number of H-pyrrole nitrogens is 1. The molecule has 0 saturated carbocycles. The number of allylic oxidation sites excluding steroid dienone is 2. The average Bonchev–Trinajstić information content (AvgIpc) is 3.35. The van der Waals surface area contributed by atoms with E-state index in [-0.39, 0.29) is 11.5 Å². The van der Waals surface area contributed by atoms with Crippen molar-refractivity contribution in [1.82, 2.24) is 29.8 Å². The summed E-state index contributed by atoms with van der Waals surface area (Å²) in [5, 5.41) is 14.3. The number of benzene rings is 2. The van der Waals surface area contributed by atoms with E-state index in [1.807, 2.05) is 54.6 Å². The van der Waals surface area contributed by atoms with Crippen molar-refractivity contribution in [3.63, 3.8) is 0 Å². The molecule has 0 fully saturated rings. The highest BCUT2D eigenvalue weighted by Gasteiger charge is 2.27. The topological polar surface area (TPSA) is 110 Å². The molecular weight excluding hydrogens is 466 g/mol. The quantitative estimate of drug-likeness (QED) is 0.317. The van der Waals surface area contributed by atoms with Crippen LogP contribution in [0.5, 0.6) is 5.75 Å². The van der Waals surface area contributed by atoms with Gasteiger partial charge in [0.25, 0.3) is 5.56 Å². The Kier molecular flexibility index (Phi) is 5.94. The SMILES string of the molecule is COc1ccc(-c2c(Nc3cnncn3)nc3c(C4CC=CCC4)c(-c4ccccc4)[nH]n3c2=O)cc1. The van der Waals surface area contributed by atoms with Gasteiger partial charge in [0.15, 0.2) is 11.5 Å². The summed E-state index contributed by atoms with van der Waals surface area (Å²) in [7, 11) is 1.61. The molecule has 0 aliphatic heterocycles. The molecule has 3 heterocycles. The van der Waals surface area contributed by atoms with E-state index in [0.29, 0.717) is 34.2 Å². The van der Waals surface area contributed by atoms with Crippen LogP contribution in [0.3, 0.4) is 0 Å².